The van der Waals surface area contributed by atoms with Gasteiger partial charge >= 0.3 is 0 Å². The van der Waals surface area contributed by atoms with E-state index in [0.717, 1.165) is 5.56 Å². The standard InChI is InChI=1S/C20H20FN3O2/c1-20-12-24(10-13-6-8-14(21)9-7-13)11-16(20)19(26)22-17-5-3-2-4-15(17)18(25)23-20/h2-9,16H,10-12H2,1H3,(H,22,26)(H,23,25)/t16-,20-/m0/s1. The van der Waals surface area contributed by atoms with Crippen molar-refractivity contribution in [3.05, 3.63) is 65.5 Å². The fourth-order valence-corrected chi connectivity index (χ4v) is 3.90. The third kappa shape index (κ3) is 2.97. The Labute approximate surface area is 151 Å². The second-order valence-corrected chi connectivity index (χ2v) is 7.26. The molecule has 0 bridgehead atoms. The Kier molecular flexibility index (Phi) is 4.00. The van der Waals surface area contributed by atoms with Gasteiger partial charge in [-0.25, -0.2) is 4.39 Å². The van der Waals surface area contributed by atoms with Crippen LogP contribution in [0.4, 0.5) is 10.1 Å². The predicted molar refractivity (Wildman–Crippen MR) is 96.1 cm³/mol. The molecule has 2 aliphatic rings. The molecule has 2 aliphatic heterocycles. The third-order valence-corrected chi connectivity index (χ3v) is 5.23. The van der Waals surface area contributed by atoms with Crippen molar-refractivity contribution in [2.75, 3.05) is 18.4 Å². The monoisotopic (exact) mass is 353 g/mol. The first-order chi connectivity index (χ1) is 12.4. The molecule has 2 amide bonds. The van der Waals surface area contributed by atoms with Crippen molar-refractivity contribution in [1.29, 1.82) is 0 Å². The minimum absolute atomic E-state index is 0.0958. The van der Waals surface area contributed by atoms with Crippen LogP contribution >= 0.6 is 0 Å². The SMILES string of the molecule is C[C@]12CN(Cc3ccc(F)cc3)C[C@H]1C(=O)Nc1ccccc1C(=O)N2. The Morgan fingerprint density at radius 1 is 1.15 bits per heavy atom. The number of para-hydroxylation sites is 1. The molecule has 0 aromatic heterocycles. The van der Waals surface area contributed by atoms with Crippen molar-refractivity contribution < 1.29 is 14.0 Å². The summed E-state index contributed by atoms with van der Waals surface area (Å²) in [7, 11) is 0. The van der Waals surface area contributed by atoms with E-state index < -0.39 is 5.54 Å². The van der Waals surface area contributed by atoms with Crippen molar-refractivity contribution in [2.24, 2.45) is 5.92 Å². The van der Waals surface area contributed by atoms with Crippen molar-refractivity contribution in [3.8, 4) is 0 Å². The number of rotatable bonds is 2. The summed E-state index contributed by atoms with van der Waals surface area (Å²) >= 11 is 0. The van der Waals surface area contributed by atoms with E-state index in [1.165, 1.54) is 12.1 Å². The highest BCUT2D eigenvalue weighted by Crippen LogP contribution is 2.32. The van der Waals surface area contributed by atoms with Gasteiger partial charge in [-0.3, -0.25) is 14.5 Å². The predicted octanol–water partition coefficient (Wildman–Crippen LogP) is 2.40. The number of nitrogens with zero attached hydrogens (tertiary/aromatic N) is 1. The van der Waals surface area contributed by atoms with Crippen LogP contribution in [0.15, 0.2) is 48.5 Å². The van der Waals surface area contributed by atoms with E-state index in [-0.39, 0.29) is 23.5 Å². The van der Waals surface area contributed by atoms with Gasteiger partial charge in [0.05, 0.1) is 22.7 Å². The van der Waals surface area contributed by atoms with E-state index in [1.54, 1.807) is 36.4 Å². The second-order valence-electron chi connectivity index (χ2n) is 7.26. The van der Waals surface area contributed by atoms with Gasteiger partial charge in [0, 0.05) is 19.6 Å². The van der Waals surface area contributed by atoms with Crippen LogP contribution in [-0.2, 0) is 11.3 Å². The lowest BCUT2D eigenvalue weighted by Crippen LogP contribution is -2.56. The summed E-state index contributed by atoms with van der Waals surface area (Å²) in [6.45, 7) is 3.59. The maximum Gasteiger partial charge on any atom is 0.253 e. The van der Waals surface area contributed by atoms with E-state index >= 15 is 0 Å². The molecule has 0 saturated carbocycles. The molecular formula is C20H20FN3O2. The van der Waals surface area contributed by atoms with Crippen LogP contribution in [0, 0.1) is 11.7 Å². The van der Waals surface area contributed by atoms with Gasteiger partial charge in [0.1, 0.15) is 5.82 Å². The van der Waals surface area contributed by atoms with E-state index in [1.807, 2.05) is 6.92 Å². The summed E-state index contributed by atoms with van der Waals surface area (Å²) in [5, 5.41) is 5.97. The van der Waals surface area contributed by atoms with Crippen LogP contribution in [-0.4, -0.2) is 35.3 Å². The normalized spacial score (nSPS) is 25.5. The maximum absolute atomic E-state index is 13.1. The first-order valence-corrected chi connectivity index (χ1v) is 8.64. The van der Waals surface area contributed by atoms with Gasteiger partial charge in [-0.2, -0.15) is 0 Å². The molecule has 1 fully saturated rings. The lowest BCUT2D eigenvalue weighted by atomic mass is 9.86. The van der Waals surface area contributed by atoms with Gasteiger partial charge in [0.15, 0.2) is 0 Å². The molecule has 2 aromatic carbocycles. The molecule has 0 unspecified atom stereocenters. The first kappa shape index (κ1) is 16.7. The molecule has 2 heterocycles. The first-order valence-electron chi connectivity index (χ1n) is 8.64. The molecule has 2 aromatic rings. The van der Waals surface area contributed by atoms with Gasteiger partial charge in [-0.15, -0.1) is 0 Å². The van der Waals surface area contributed by atoms with E-state index in [2.05, 4.69) is 15.5 Å². The molecule has 0 radical (unpaired) electrons. The zero-order valence-electron chi connectivity index (χ0n) is 14.5. The molecule has 6 heteroatoms. The average Bonchev–Trinajstić information content (AvgIpc) is 2.92. The summed E-state index contributed by atoms with van der Waals surface area (Å²) < 4.78 is 13.1. The molecule has 4 rings (SSSR count). The Hall–Kier alpha value is -2.73. The number of likely N-dealkylation sites (tertiary alicyclic amines) is 1. The smallest absolute Gasteiger partial charge is 0.253 e. The van der Waals surface area contributed by atoms with Gasteiger partial charge in [-0.1, -0.05) is 24.3 Å². The van der Waals surface area contributed by atoms with Crippen molar-refractivity contribution >= 4 is 17.5 Å². The zero-order valence-corrected chi connectivity index (χ0v) is 14.5. The van der Waals surface area contributed by atoms with Crippen molar-refractivity contribution in [3.63, 3.8) is 0 Å². The van der Waals surface area contributed by atoms with Crippen LogP contribution in [0.25, 0.3) is 0 Å². The van der Waals surface area contributed by atoms with Crippen molar-refractivity contribution in [1.82, 2.24) is 10.2 Å². The summed E-state index contributed by atoms with van der Waals surface area (Å²) in [6.07, 6.45) is 0. The van der Waals surface area contributed by atoms with Crippen LogP contribution < -0.4 is 10.6 Å². The molecule has 2 atom stereocenters. The van der Waals surface area contributed by atoms with E-state index in [9.17, 15) is 14.0 Å². The van der Waals surface area contributed by atoms with E-state index in [0.29, 0.717) is 30.9 Å². The summed E-state index contributed by atoms with van der Waals surface area (Å²) in [5.74, 6) is -0.910. The third-order valence-electron chi connectivity index (χ3n) is 5.23. The molecule has 0 aliphatic carbocycles. The number of carbonyl (C=O) groups is 2. The fraction of sp³-hybridized carbons (Fsp3) is 0.300. The molecule has 2 N–H and O–H groups in total. The lowest BCUT2D eigenvalue weighted by molar-refractivity contribution is -0.121. The number of halogens is 1. The number of anilines is 1. The summed E-state index contributed by atoms with van der Waals surface area (Å²) in [5.41, 5.74) is 1.32. The minimum Gasteiger partial charge on any atom is -0.345 e. The molecule has 134 valence electrons. The van der Waals surface area contributed by atoms with Crippen molar-refractivity contribution in [2.45, 2.75) is 19.0 Å². The number of nitrogens with one attached hydrogen (secondary N) is 2. The number of carbonyl (C=O) groups excluding carboxylic acids is 2. The molecule has 26 heavy (non-hydrogen) atoms. The molecule has 0 spiro atoms. The highest BCUT2D eigenvalue weighted by molar-refractivity contribution is 6.06. The lowest BCUT2D eigenvalue weighted by Gasteiger charge is -2.33. The average molecular weight is 353 g/mol. The Bertz CT molecular complexity index is 868. The van der Waals surface area contributed by atoms with E-state index in [4.69, 9.17) is 0 Å². The van der Waals surface area contributed by atoms with Gasteiger partial charge in [-0.05, 0) is 36.8 Å². The Morgan fingerprint density at radius 3 is 2.65 bits per heavy atom. The topological polar surface area (TPSA) is 61.4 Å². The van der Waals surface area contributed by atoms with Crippen LogP contribution in [0.1, 0.15) is 22.8 Å². The van der Waals surface area contributed by atoms with Gasteiger partial charge < -0.3 is 10.6 Å². The number of fused-ring (bicyclic) bond motifs is 2. The Morgan fingerprint density at radius 2 is 1.88 bits per heavy atom. The quantitative estimate of drug-likeness (QED) is 0.872. The summed E-state index contributed by atoms with van der Waals surface area (Å²) in [4.78, 5) is 27.6. The van der Waals surface area contributed by atoms with Crippen LogP contribution in [0.5, 0.6) is 0 Å². The zero-order chi connectivity index (χ0) is 18.3. The Balaban J connectivity index is 1.59. The number of hydrogen-bond donors (Lipinski definition) is 2. The fourth-order valence-electron chi connectivity index (χ4n) is 3.90. The maximum atomic E-state index is 13.1. The van der Waals surface area contributed by atoms with Gasteiger partial charge in [0.25, 0.3) is 5.91 Å². The number of benzene rings is 2. The molecule has 5 nitrogen and oxygen atoms in total. The summed E-state index contributed by atoms with van der Waals surface area (Å²) in [6, 6.07) is 13.4. The highest BCUT2D eigenvalue weighted by Gasteiger charge is 2.49. The largest absolute Gasteiger partial charge is 0.345 e. The molecular weight excluding hydrogens is 333 g/mol. The van der Waals surface area contributed by atoms with Crippen LogP contribution in [0.2, 0.25) is 0 Å². The highest BCUT2D eigenvalue weighted by atomic mass is 19.1. The number of amides is 2. The second kappa shape index (κ2) is 6.21. The van der Waals surface area contributed by atoms with Crippen LogP contribution in [0.3, 0.4) is 0 Å². The number of hydrogen-bond acceptors (Lipinski definition) is 3. The molecule has 1 saturated heterocycles. The van der Waals surface area contributed by atoms with Gasteiger partial charge in [0.2, 0.25) is 5.91 Å². The minimum atomic E-state index is -0.658.